The molecule has 0 unspecified atom stereocenters. The molecule has 1 fully saturated rings. The predicted octanol–water partition coefficient (Wildman–Crippen LogP) is 1.68. The summed E-state index contributed by atoms with van der Waals surface area (Å²) in [5.74, 6) is -0.950. The van der Waals surface area contributed by atoms with Crippen LogP contribution in [-0.4, -0.2) is 18.0 Å². The summed E-state index contributed by atoms with van der Waals surface area (Å²) in [6.45, 7) is 2.02. The zero-order valence-electron chi connectivity index (χ0n) is 7.95. The maximum absolute atomic E-state index is 9.89. The Hall–Kier alpha value is -0.860. The van der Waals surface area contributed by atoms with Crippen LogP contribution in [0.25, 0.3) is 0 Å². The smallest absolute Gasteiger partial charge is 0.175 e. The van der Waals surface area contributed by atoms with Crippen molar-refractivity contribution in [3.63, 3.8) is 0 Å². The van der Waals surface area contributed by atoms with E-state index in [4.69, 9.17) is 4.74 Å². The minimum atomic E-state index is -0.950. The van der Waals surface area contributed by atoms with Crippen molar-refractivity contribution in [2.24, 2.45) is 0 Å². The van der Waals surface area contributed by atoms with Crippen LogP contribution < -0.4 is 0 Å². The van der Waals surface area contributed by atoms with Crippen molar-refractivity contribution in [2.45, 2.75) is 24.5 Å². The molecule has 2 atom stereocenters. The van der Waals surface area contributed by atoms with Gasteiger partial charge in [0.25, 0.3) is 0 Å². The Morgan fingerprint density at radius 3 is 2.38 bits per heavy atom. The lowest BCUT2D eigenvalue weighted by molar-refractivity contribution is -0.117. The maximum atomic E-state index is 9.89. The van der Waals surface area contributed by atoms with Gasteiger partial charge in [-0.2, -0.15) is 0 Å². The van der Waals surface area contributed by atoms with Crippen molar-refractivity contribution in [3.05, 3.63) is 35.9 Å². The van der Waals surface area contributed by atoms with Gasteiger partial charge in [0, 0.05) is 13.5 Å². The lowest BCUT2D eigenvalue weighted by Crippen LogP contribution is -2.22. The molecule has 0 saturated heterocycles. The molecule has 1 aromatic carbocycles. The molecular formula is C11H14O2. The van der Waals surface area contributed by atoms with Crippen molar-refractivity contribution in [2.75, 3.05) is 7.11 Å². The van der Waals surface area contributed by atoms with E-state index in [-0.39, 0.29) is 5.41 Å². The van der Waals surface area contributed by atoms with E-state index in [0.29, 0.717) is 6.42 Å². The largest absolute Gasteiger partial charge is 0.365 e. The van der Waals surface area contributed by atoms with Gasteiger partial charge in [-0.3, -0.25) is 0 Å². The van der Waals surface area contributed by atoms with Crippen LogP contribution in [0.15, 0.2) is 30.3 Å². The molecule has 2 rings (SSSR count). The van der Waals surface area contributed by atoms with Gasteiger partial charge >= 0.3 is 0 Å². The molecule has 1 N–H and O–H groups in total. The first-order chi connectivity index (χ1) is 6.12. The minimum absolute atomic E-state index is 0.219. The fourth-order valence-electron chi connectivity index (χ4n) is 1.87. The van der Waals surface area contributed by atoms with Crippen LogP contribution in [-0.2, 0) is 10.2 Å². The molecule has 13 heavy (non-hydrogen) atoms. The van der Waals surface area contributed by atoms with E-state index < -0.39 is 5.79 Å². The molecule has 0 aromatic heterocycles. The molecule has 0 spiro atoms. The van der Waals surface area contributed by atoms with E-state index in [1.165, 1.54) is 0 Å². The van der Waals surface area contributed by atoms with Gasteiger partial charge in [0.15, 0.2) is 5.79 Å². The van der Waals surface area contributed by atoms with E-state index in [0.717, 1.165) is 5.56 Å². The van der Waals surface area contributed by atoms with Gasteiger partial charge in [-0.15, -0.1) is 0 Å². The monoisotopic (exact) mass is 178 g/mol. The first-order valence-corrected chi connectivity index (χ1v) is 4.45. The Balaban J connectivity index is 2.30. The van der Waals surface area contributed by atoms with Gasteiger partial charge in [0.05, 0.1) is 5.41 Å². The van der Waals surface area contributed by atoms with Crippen LogP contribution in [0.3, 0.4) is 0 Å². The second-order valence-electron chi connectivity index (χ2n) is 3.86. The molecule has 0 amide bonds. The highest BCUT2D eigenvalue weighted by atomic mass is 16.6. The summed E-state index contributed by atoms with van der Waals surface area (Å²) in [6.07, 6.45) is 0.681. The fourth-order valence-corrected chi connectivity index (χ4v) is 1.87. The topological polar surface area (TPSA) is 29.5 Å². The molecule has 2 heteroatoms. The highest BCUT2D eigenvalue weighted by Gasteiger charge is 2.65. The molecule has 1 aliphatic rings. The molecule has 0 bridgehead atoms. The number of hydrogen-bond donors (Lipinski definition) is 1. The number of hydrogen-bond acceptors (Lipinski definition) is 2. The highest BCUT2D eigenvalue weighted by molar-refractivity contribution is 5.36. The fraction of sp³-hybridized carbons (Fsp3) is 0.455. The minimum Gasteiger partial charge on any atom is -0.365 e. The standard InChI is InChI=1S/C11H14O2/c1-10(8-11(10,12)13-2)9-6-4-3-5-7-9/h3-7,12H,8H2,1-2H3/t10-,11-/m0/s1. The summed E-state index contributed by atoms with van der Waals surface area (Å²) in [5.41, 5.74) is 0.919. The average Bonchev–Trinajstić information content (AvgIpc) is 2.74. The van der Waals surface area contributed by atoms with Gasteiger partial charge in [-0.05, 0) is 5.56 Å². The average molecular weight is 178 g/mol. The second kappa shape index (κ2) is 2.56. The summed E-state index contributed by atoms with van der Waals surface area (Å²) in [7, 11) is 1.55. The van der Waals surface area contributed by atoms with Crippen LogP contribution in [0.5, 0.6) is 0 Å². The van der Waals surface area contributed by atoms with Crippen molar-refractivity contribution in [1.29, 1.82) is 0 Å². The lowest BCUT2D eigenvalue weighted by Gasteiger charge is -2.16. The third kappa shape index (κ3) is 1.10. The van der Waals surface area contributed by atoms with Crippen molar-refractivity contribution in [3.8, 4) is 0 Å². The number of methoxy groups -OCH3 is 1. The van der Waals surface area contributed by atoms with Crippen molar-refractivity contribution in [1.82, 2.24) is 0 Å². The molecule has 0 heterocycles. The number of aliphatic hydroxyl groups is 1. The molecular weight excluding hydrogens is 164 g/mol. The third-order valence-corrected chi connectivity index (χ3v) is 3.08. The summed E-state index contributed by atoms with van der Waals surface area (Å²) < 4.78 is 5.07. The van der Waals surface area contributed by atoms with Crippen LogP contribution in [0, 0.1) is 0 Å². The Bertz CT molecular complexity index is 309. The Morgan fingerprint density at radius 2 is 1.92 bits per heavy atom. The van der Waals surface area contributed by atoms with Gasteiger partial charge in [-0.25, -0.2) is 0 Å². The molecule has 2 nitrogen and oxygen atoms in total. The summed E-state index contributed by atoms with van der Waals surface area (Å²) in [6, 6.07) is 9.99. The summed E-state index contributed by atoms with van der Waals surface area (Å²) in [4.78, 5) is 0. The van der Waals surface area contributed by atoms with Crippen LogP contribution in [0.4, 0.5) is 0 Å². The van der Waals surface area contributed by atoms with E-state index in [1.807, 2.05) is 37.3 Å². The van der Waals surface area contributed by atoms with E-state index >= 15 is 0 Å². The van der Waals surface area contributed by atoms with Gasteiger partial charge in [0.2, 0.25) is 0 Å². The van der Waals surface area contributed by atoms with Crippen molar-refractivity contribution < 1.29 is 9.84 Å². The zero-order valence-corrected chi connectivity index (χ0v) is 7.95. The van der Waals surface area contributed by atoms with E-state index in [2.05, 4.69) is 0 Å². The summed E-state index contributed by atoms with van der Waals surface area (Å²) in [5, 5.41) is 9.89. The summed E-state index contributed by atoms with van der Waals surface area (Å²) >= 11 is 0. The van der Waals surface area contributed by atoms with E-state index in [1.54, 1.807) is 7.11 Å². The third-order valence-electron chi connectivity index (χ3n) is 3.08. The predicted molar refractivity (Wildman–Crippen MR) is 50.4 cm³/mol. The lowest BCUT2D eigenvalue weighted by atomic mass is 9.97. The quantitative estimate of drug-likeness (QED) is 0.698. The second-order valence-corrected chi connectivity index (χ2v) is 3.86. The van der Waals surface area contributed by atoms with Crippen LogP contribution in [0.2, 0.25) is 0 Å². The van der Waals surface area contributed by atoms with Gasteiger partial charge in [0.1, 0.15) is 0 Å². The SMILES string of the molecule is CO[C@@]1(O)C[C@@]1(C)c1ccccc1. The molecule has 1 aliphatic carbocycles. The normalized spacial score (nSPS) is 37.5. The Labute approximate surface area is 78.2 Å². The Kier molecular flexibility index (Phi) is 1.72. The van der Waals surface area contributed by atoms with E-state index in [9.17, 15) is 5.11 Å². The molecule has 1 aromatic rings. The molecule has 70 valence electrons. The molecule has 0 radical (unpaired) electrons. The number of benzene rings is 1. The first kappa shape index (κ1) is 8.73. The van der Waals surface area contributed by atoms with Crippen molar-refractivity contribution >= 4 is 0 Å². The van der Waals surface area contributed by atoms with Gasteiger partial charge in [-0.1, -0.05) is 37.3 Å². The van der Waals surface area contributed by atoms with Gasteiger partial charge < -0.3 is 9.84 Å². The maximum Gasteiger partial charge on any atom is 0.175 e. The number of rotatable bonds is 2. The first-order valence-electron chi connectivity index (χ1n) is 4.45. The molecule has 1 saturated carbocycles. The van der Waals surface area contributed by atoms with Crippen LogP contribution in [0.1, 0.15) is 18.9 Å². The molecule has 0 aliphatic heterocycles. The number of ether oxygens (including phenoxy) is 1. The highest BCUT2D eigenvalue weighted by Crippen LogP contribution is 2.57. The zero-order chi connectivity index (χ0) is 9.53. The Morgan fingerprint density at radius 1 is 1.31 bits per heavy atom. The van der Waals surface area contributed by atoms with Crippen LogP contribution >= 0.6 is 0 Å².